The molecule has 0 radical (unpaired) electrons. The van der Waals surface area contributed by atoms with Gasteiger partial charge in [0.25, 0.3) is 5.91 Å². The molecule has 3 fully saturated rings. The largest absolute Gasteiger partial charge is 0.459 e. The van der Waals surface area contributed by atoms with Crippen molar-refractivity contribution in [2.24, 2.45) is 5.92 Å². The fraction of sp³-hybridized carbons (Fsp3) is 0.706. The van der Waals surface area contributed by atoms with Crippen molar-refractivity contribution in [2.75, 3.05) is 26.3 Å². The number of amides is 1. The zero-order valence-electron chi connectivity index (χ0n) is 12.8. The normalized spacial score (nSPS) is 31.8. The fourth-order valence-electron chi connectivity index (χ4n) is 3.58. The molecule has 2 atom stereocenters. The Balaban J connectivity index is 1.37. The van der Waals surface area contributed by atoms with Crippen molar-refractivity contribution in [3.8, 4) is 0 Å². The van der Waals surface area contributed by atoms with E-state index in [9.17, 15) is 4.79 Å². The van der Waals surface area contributed by atoms with Gasteiger partial charge in [0, 0.05) is 19.6 Å². The van der Waals surface area contributed by atoms with Crippen LogP contribution in [0.2, 0.25) is 0 Å². The molecule has 0 N–H and O–H groups in total. The minimum atomic E-state index is -0.214. The van der Waals surface area contributed by atoms with Crippen LogP contribution in [0.3, 0.4) is 0 Å². The maximum Gasteiger partial charge on any atom is 0.289 e. The first-order chi connectivity index (χ1) is 10.7. The van der Waals surface area contributed by atoms with E-state index in [-0.39, 0.29) is 17.6 Å². The number of carbonyl (C=O) groups is 1. The zero-order valence-corrected chi connectivity index (χ0v) is 12.8. The standard InChI is InChI=1S/C17H23NO4/c19-16(15-3-1-8-20-15)18-7-2-6-17(12-18)9-14(11-22-17)21-10-13-4-5-13/h1,3,8,13-14H,2,4-7,9-12H2. The van der Waals surface area contributed by atoms with Gasteiger partial charge in [-0.05, 0) is 43.7 Å². The Kier molecular flexibility index (Phi) is 3.70. The van der Waals surface area contributed by atoms with Gasteiger partial charge in [0.2, 0.25) is 0 Å². The van der Waals surface area contributed by atoms with Crippen LogP contribution in [0.4, 0.5) is 0 Å². The maximum absolute atomic E-state index is 12.5. The molecule has 1 amide bonds. The number of hydrogen-bond acceptors (Lipinski definition) is 4. The van der Waals surface area contributed by atoms with Gasteiger partial charge in [0.15, 0.2) is 5.76 Å². The Bertz CT molecular complexity index is 525. The lowest BCUT2D eigenvalue weighted by Crippen LogP contribution is -2.50. The molecule has 22 heavy (non-hydrogen) atoms. The summed E-state index contributed by atoms with van der Waals surface area (Å²) in [6.45, 7) is 2.96. The van der Waals surface area contributed by atoms with Gasteiger partial charge in [-0.15, -0.1) is 0 Å². The number of nitrogens with zero attached hydrogens (tertiary/aromatic N) is 1. The summed E-state index contributed by atoms with van der Waals surface area (Å²) in [5.74, 6) is 1.16. The van der Waals surface area contributed by atoms with E-state index < -0.39 is 0 Å². The van der Waals surface area contributed by atoms with Crippen molar-refractivity contribution < 1.29 is 18.7 Å². The van der Waals surface area contributed by atoms with Gasteiger partial charge in [0.05, 0.1) is 31.1 Å². The van der Waals surface area contributed by atoms with Gasteiger partial charge < -0.3 is 18.8 Å². The molecule has 0 bridgehead atoms. The Morgan fingerprint density at radius 2 is 2.36 bits per heavy atom. The average molecular weight is 305 g/mol. The molecule has 1 saturated carbocycles. The van der Waals surface area contributed by atoms with E-state index in [0.717, 1.165) is 38.3 Å². The van der Waals surface area contributed by atoms with Crippen LogP contribution in [0.15, 0.2) is 22.8 Å². The quantitative estimate of drug-likeness (QED) is 0.857. The van der Waals surface area contributed by atoms with Crippen LogP contribution in [-0.2, 0) is 9.47 Å². The van der Waals surface area contributed by atoms with E-state index in [4.69, 9.17) is 13.9 Å². The Morgan fingerprint density at radius 3 is 3.14 bits per heavy atom. The van der Waals surface area contributed by atoms with Crippen LogP contribution in [0, 0.1) is 5.92 Å². The van der Waals surface area contributed by atoms with Crippen molar-refractivity contribution >= 4 is 5.91 Å². The molecule has 5 nitrogen and oxygen atoms in total. The summed E-state index contributed by atoms with van der Waals surface area (Å²) in [6, 6.07) is 3.47. The lowest BCUT2D eigenvalue weighted by molar-refractivity contribution is -0.0470. The van der Waals surface area contributed by atoms with E-state index in [1.807, 2.05) is 4.90 Å². The molecule has 3 aliphatic rings. The molecule has 0 aromatic carbocycles. The number of furan rings is 1. The number of piperidine rings is 1. The minimum absolute atomic E-state index is 0.0324. The van der Waals surface area contributed by atoms with E-state index in [2.05, 4.69) is 0 Å². The Hall–Kier alpha value is -1.33. The van der Waals surface area contributed by atoms with Crippen molar-refractivity contribution in [1.29, 1.82) is 0 Å². The molecule has 4 rings (SSSR count). The Labute approximate surface area is 130 Å². The first-order valence-corrected chi connectivity index (χ1v) is 8.32. The maximum atomic E-state index is 12.5. The number of likely N-dealkylation sites (tertiary alicyclic amines) is 1. The van der Waals surface area contributed by atoms with Gasteiger partial charge in [-0.25, -0.2) is 0 Å². The van der Waals surface area contributed by atoms with Crippen LogP contribution in [-0.4, -0.2) is 48.8 Å². The monoisotopic (exact) mass is 305 g/mol. The fourth-order valence-corrected chi connectivity index (χ4v) is 3.58. The summed E-state index contributed by atoms with van der Waals surface area (Å²) >= 11 is 0. The highest BCUT2D eigenvalue weighted by molar-refractivity contribution is 5.91. The van der Waals surface area contributed by atoms with Crippen molar-refractivity contribution in [3.05, 3.63) is 24.2 Å². The molecular formula is C17H23NO4. The number of hydrogen-bond donors (Lipinski definition) is 0. The number of carbonyl (C=O) groups excluding carboxylic acids is 1. The molecule has 1 aromatic rings. The third-order valence-electron chi connectivity index (χ3n) is 5.00. The first kappa shape index (κ1) is 14.3. The number of rotatable bonds is 4. The summed E-state index contributed by atoms with van der Waals surface area (Å²) in [6.07, 6.45) is 7.25. The molecule has 1 spiro atoms. The van der Waals surface area contributed by atoms with E-state index in [1.54, 1.807) is 18.4 Å². The zero-order chi connectivity index (χ0) is 15.0. The summed E-state index contributed by atoms with van der Waals surface area (Å²) in [5.41, 5.74) is -0.214. The Morgan fingerprint density at radius 1 is 1.45 bits per heavy atom. The van der Waals surface area contributed by atoms with E-state index in [0.29, 0.717) is 18.9 Å². The average Bonchev–Trinajstić information content (AvgIpc) is 3.05. The highest BCUT2D eigenvalue weighted by atomic mass is 16.6. The molecule has 5 heteroatoms. The topological polar surface area (TPSA) is 51.9 Å². The van der Waals surface area contributed by atoms with Gasteiger partial charge >= 0.3 is 0 Å². The summed E-state index contributed by atoms with van der Waals surface area (Å²) in [4.78, 5) is 14.3. The van der Waals surface area contributed by atoms with Crippen LogP contribution >= 0.6 is 0 Å². The van der Waals surface area contributed by atoms with Gasteiger partial charge in [-0.3, -0.25) is 4.79 Å². The predicted octanol–water partition coefficient (Wildman–Crippen LogP) is 2.47. The second-order valence-corrected chi connectivity index (χ2v) is 6.90. The first-order valence-electron chi connectivity index (χ1n) is 8.32. The molecule has 120 valence electrons. The molecule has 2 unspecified atom stereocenters. The highest BCUT2D eigenvalue weighted by Crippen LogP contribution is 2.37. The molecule has 2 saturated heterocycles. The van der Waals surface area contributed by atoms with Crippen LogP contribution in [0.1, 0.15) is 42.7 Å². The summed E-state index contributed by atoms with van der Waals surface area (Å²) < 4.78 is 17.3. The summed E-state index contributed by atoms with van der Waals surface area (Å²) in [7, 11) is 0. The van der Waals surface area contributed by atoms with E-state index in [1.165, 1.54) is 12.8 Å². The smallest absolute Gasteiger partial charge is 0.289 e. The molecule has 1 aromatic heterocycles. The summed E-state index contributed by atoms with van der Waals surface area (Å²) in [5, 5.41) is 0. The van der Waals surface area contributed by atoms with Crippen LogP contribution in [0.5, 0.6) is 0 Å². The van der Waals surface area contributed by atoms with Crippen LogP contribution < -0.4 is 0 Å². The lowest BCUT2D eigenvalue weighted by Gasteiger charge is -2.39. The van der Waals surface area contributed by atoms with Crippen molar-refractivity contribution in [3.63, 3.8) is 0 Å². The SMILES string of the molecule is O=C(c1ccco1)N1CCCC2(CC(OCC3CC3)CO2)C1. The van der Waals surface area contributed by atoms with Crippen LogP contribution in [0.25, 0.3) is 0 Å². The molecular weight excluding hydrogens is 282 g/mol. The molecule has 2 aliphatic heterocycles. The van der Waals surface area contributed by atoms with Gasteiger partial charge in [-0.1, -0.05) is 0 Å². The van der Waals surface area contributed by atoms with Crippen molar-refractivity contribution in [2.45, 2.75) is 43.8 Å². The predicted molar refractivity (Wildman–Crippen MR) is 79.6 cm³/mol. The third-order valence-corrected chi connectivity index (χ3v) is 5.00. The second kappa shape index (κ2) is 5.70. The van der Waals surface area contributed by atoms with Gasteiger partial charge in [0.1, 0.15) is 0 Å². The van der Waals surface area contributed by atoms with Crippen molar-refractivity contribution in [1.82, 2.24) is 4.90 Å². The van der Waals surface area contributed by atoms with E-state index >= 15 is 0 Å². The third kappa shape index (κ3) is 2.92. The lowest BCUT2D eigenvalue weighted by atomic mass is 9.89. The highest BCUT2D eigenvalue weighted by Gasteiger charge is 2.45. The number of ether oxygens (including phenoxy) is 2. The second-order valence-electron chi connectivity index (χ2n) is 6.90. The molecule has 1 aliphatic carbocycles. The minimum Gasteiger partial charge on any atom is -0.459 e. The molecule has 3 heterocycles. The van der Waals surface area contributed by atoms with Gasteiger partial charge in [-0.2, -0.15) is 0 Å².